The van der Waals surface area contributed by atoms with Crippen molar-refractivity contribution < 1.29 is 13.6 Å². The fourth-order valence-electron chi connectivity index (χ4n) is 4.69. The number of amides is 2. The van der Waals surface area contributed by atoms with E-state index in [1.54, 1.807) is 12.4 Å². The number of halogens is 2. The standard InChI is InChI=1S/C17H21F2N3OS/c1-24(2)12-3-6-17(7-4-12)11-22(17)14-5-8-20-9-13(14)21(16(22)23)10-15(18)19/h1,5,8-9,12,15H,3-4,6-7,10-11H2,2H3. The van der Waals surface area contributed by atoms with E-state index in [2.05, 4.69) is 11.2 Å². The minimum absolute atomic E-state index is 0.101. The van der Waals surface area contributed by atoms with E-state index < -0.39 is 13.0 Å². The van der Waals surface area contributed by atoms with E-state index in [-0.39, 0.29) is 26.4 Å². The molecule has 4 nitrogen and oxygen atoms in total. The van der Waals surface area contributed by atoms with Crippen molar-refractivity contribution in [3.63, 3.8) is 0 Å². The van der Waals surface area contributed by atoms with Gasteiger partial charge in [-0.1, -0.05) is 12.8 Å². The lowest BCUT2D eigenvalue weighted by molar-refractivity contribution is 0.153. The molecule has 7 heteroatoms. The van der Waals surface area contributed by atoms with Gasteiger partial charge < -0.3 is 16.0 Å². The molecule has 2 spiro atoms. The predicted molar refractivity (Wildman–Crippen MR) is 92.9 cm³/mol. The minimum atomic E-state index is -2.55. The molecular weight excluding hydrogens is 332 g/mol. The number of anilines is 1. The molecule has 130 valence electrons. The lowest BCUT2D eigenvalue weighted by Gasteiger charge is -2.34. The molecule has 1 aromatic rings. The predicted octanol–water partition coefficient (Wildman–Crippen LogP) is 3.13. The Hall–Kier alpha value is -1.43. The molecule has 2 fully saturated rings. The molecule has 1 aromatic heterocycles. The second-order valence-corrected chi connectivity index (χ2v) is 9.03. The second kappa shape index (κ2) is 5.28. The van der Waals surface area contributed by atoms with E-state index >= 15 is 0 Å². The number of fused-ring (bicyclic) bond motifs is 3. The Morgan fingerprint density at radius 3 is 2.83 bits per heavy atom. The van der Waals surface area contributed by atoms with Gasteiger partial charge in [-0.2, -0.15) is 4.48 Å². The Morgan fingerprint density at radius 2 is 2.21 bits per heavy atom. The number of urea groups is 1. The maximum Gasteiger partial charge on any atom is 0.430 e. The summed E-state index contributed by atoms with van der Waals surface area (Å²) in [4.78, 5) is 18.4. The Labute approximate surface area is 142 Å². The van der Waals surface area contributed by atoms with Crippen molar-refractivity contribution in [2.45, 2.75) is 42.9 Å². The monoisotopic (exact) mass is 353 g/mol. The van der Waals surface area contributed by atoms with Crippen molar-refractivity contribution in [3.05, 3.63) is 18.5 Å². The zero-order chi connectivity index (χ0) is 17.1. The molecule has 0 aromatic carbocycles. The summed E-state index contributed by atoms with van der Waals surface area (Å²) in [5.41, 5.74) is 7.33. The molecule has 3 heterocycles. The van der Waals surface area contributed by atoms with Gasteiger partial charge in [0.25, 0.3) is 6.43 Å². The second-order valence-electron chi connectivity index (χ2n) is 7.15. The average molecular weight is 353 g/mol. The van der Waals surface area contributed by atoms with Crippen LogP contribution in [0.2, 0.25) is 0 Å². The lowest BCUT2D eigenvalue weighted by Crippen LogP contribution is -2.48. The number of rotatable bonds is 2. The normalized spacial score (nSPS) is 34.6. The molecule has 1 unspecified atom stereocenters. The first-order valence-electron chi connectivity index (χ1n) is 8.23. The van der Waals surface area contributed by atoms with Crippen LogP contribution >= 0.6 is 0 Å². The van der Waals surface area contributed by atoms with Crippen LogP contribution in [0.4, 0.5) is 25.0 Å². The first-order chi connectivity index (χ1) is 11.4. The summed E-state index contributed by atoms with van der Waals surface area (Å²) in [6, 6.07) is 1.62. The van der Waals surface area contributed by atoms with Gasteiger partial charge in [-0.15, -0.1) is 11.5 Å². The van der Waals surface area contributed by atoms with Crippen molar-refractivity contribution in [1.29, 1.82) is 0 Å². The lowest BCUT2D eigenvalue weighted by atomic mass is 9.88. The molecule has 0 bridgehead atoms. The fraction of sp³-hybridized carbons (Fsp3) is 0.588. The summed E-state index contributed by atoms with van der Waals surface area (Å²) < 4.78 is 26.1. The molecule has 24 heavy (non-hydrogen) atoms. The highest BCUT2D eigenvalue weighted by Gasteiger charge is 2.79. The number of pyridine rings is 1. The SMILES string of the molecule is C#[S-](C)C1CCC2(CC1)C[N+]21C(=O)N(CC(F)F)c2cnccc21. The van der Waals surface area contributed by atoms with Crippen molar-refractivity contribution in [3.8, 4) is 5.69 Å². The van der Waals surface area contributed by atoms with Gasteiger partial charge in [-0.05, 0) is 0 Å². The number of hydrogen-bond acceptors (Lipinski definition) is 3. The molecular formula is C17H21F2N3OS. The van der Waals surface area contributed by atoms with Gasteiger partial charge in [0.15, 0.2) is 11.2 Å². The molecule has 3 aliphatic rings. The van der Waals surface area contributed by atoms with Crippen LogP contribution in [0.3, 0.4) is 0 Å². The molecule has 0 N–H and O–H groups in total. The van der Waals surface area contributed by atoms with E-state index in [9.17, 15) is 13.6 Å². The molecule has 4 rings (SSSR count). The van der Waals surface area contributed by atoms with Crippen molar-refractivity contribution in [2.75, 3.05) is 24.2 Å². The molecule has 1 aliphatic carbocycles. The summed E-state index contributed by atoms with van der Waals surface area (Å²) >= 11 is 0. The quantitative estimate of drug-likeness (QED) is 0.465. The van der Waals surface area contributed by atoms with Gasteiger partial charge >= 0.3 is 6.03 Å². The van der Waals surface area contributed by atoms with Crippen LogP contribution in [-0.2, 0) is 10.3 Å². The van der Waals surface area contributed by atoms with Crippen LogP contribution in [0.25, 0.3) is 0 Å². The third-order valence-corrected chi connectivity index (χ3v) is 7.51. The van der Waals surface area contributed by atoms with E-state index in [0.29, 0.717) is 10.9 Å². The Balaban J connectivity index is 1.68. The summed E-state index contributed by atoms with van der Waals surface area (Å²) in [6.45, 7) is 0.162. The number of nitrogens with zero attached hydrogens (tertiary/aromatic N) is 3. The minimum Gasteiger partial charge on any atom is -0.457 e. The van der Waals surface area contributed by atoms with Crippen LogP contribution < -0.4 is 9.38 Å². The van der Waals surface area contributed by atoms with Crippen LogP contribution in [0.15, 0.2) is 18.5 Å². The topological polar surface area (TPSA) is 33.2 Å². The third-order valence-electron chi connectivity index (χ3n) is 5.98. The van der Waals surface area contributed by atoms with Gasteiger partial charge in [0.1, 0.15) is 12.2 Å². The smallest absolute Gasteiger partial charge is 0.430 e. The first kappa shape index (κ1) is 16.1. The molecule has 1 saturated carbocycles. The van der Waals surface area contributed by atoms with Gasteiger partial charge in [0, 0.05) is 25.1 Å². The van der Waals surface area contributed by atoms with Gasteiger partial charge in [0.05, 0.1) is 12.7 Å². The van der Waals surface area contributed by atoms with Crippen molar-refractivity contribution in [1.82, 2.24) is 9.47 Å². The summed E-state index contributed by atoms with van der Waals surface area (Å²) in [7, 11) is -0.101. The maximum atomic E-state index is 13.1. The number of carbonyl (C=O) groups is 1. The highest BCUT2D eigenvalue weighted by atomic mass is 32.2. The molecule has 2 aliphatic heterocycles. The fourth-order valence-corrected chi connectivity index (χ4v) is 5.67. The van der Waals surface area contributed by atoms with Crippen molar-refractivity contribution in [2.24, 2.45) is 0 Å². The number of alkyl halides is 2. The van der Waals surface area contributed by atoms with Crippen LogP contribution in [0.1, 0.15) is 25.7 Å². The Morgan fingerprint density at radius 1 is 1.50 bits per heavy atom. The summed E-state index contributed by atoms with van der Waals surface area (Å²) in [5, 5.41) is 0.517. The maximum absolute atomic E-state index is 13.1. The van der Waals surface area contributed by atoms with Crippen molar-refractivity contribution >= 4 is 27.7 Å². The van der Waals surface area contributed by atoms with E-state index in [1.807, 2.05) is 6.07 Å². The molecule has 1 saturated heterocycles. The number of quaternary nitrogens is 1. The van der Waals surface area contributed by atoms with E-state index in [0.717, 1.165) is 37.9 Å². The third kappa shape index (κ3) is 2.01. The molecule has 2 amide bonds. The largest absolute Gasteiger partial charge is 0.457 e. The highest BCUT2D eigenvalue weighted by Crippen LogP contribution is 2.61. The van der Waals surface area contributed by atoms with Crippen LogP contribution in [-0.4, -0.2) is 47.6 Å². The van der Waals surface area contributed by atoms with E-state index in [4.69, 9.17) is 5.69 Å². The molecule has 1 atom stereocenters. The van der Waals surface area contributed by atoms with Gasteiger partial charge in [0.2, 0.25) is 0 Å². The first-order valence-corrected chi connectivity index (χ1v) is 9.99. The highest BCUT2D eigenvalue weighted by molar-refractivity contribution is 7.86. The van der Waals surface area contributed by atoms with Gasteiger partial charge in [-0.25, -0.2) is 18.5 Å². The van der Waals surface area contributed by atoms with Crippen LogP contribution in [0, 0.1) is 5.69 Å². The zero-order valence-corrected chi connectivity index (χ0v) is 14.4. The average Bonchev–Trinajstić information content (AvgIpc) is 3.14. The number of carbonyl (C=O) groups excluding carboxylic acids is 1. The molecule has 0 radical (unpaired) electrons. The Kier molecular flexibility index (Phi) is 3.53. The zero-order valence-electron chi connectivity index (χ0n) is 13.6. The van der Waals surface area contributed by atoms with Gasteiger partial charge in [-0.3, -0.25) is 4.98 Å². The Bertz CT molecular complexity index is 767. The summed E-state index contributed by atoms with van der Waals surface area (Å²) in [6.07, 6.45) is 6.60. The number of hydrogen-bond donors (Lipinski definition) is 0. The summed E-state index contributed by atoms with van der Waals surface area (Å²) in [5.74, 6) is 0. The van der Waals surface area contributed by atoms with E-state index in [1.165, 1.54) is 4.90 Å². The van der Waals surface area contributed by atoms with Crippen LogP contribution in [0.5, 0.6) is 0 Å². The number of aromatic nitrogens is 1.